The first kappa shape index (κ1) is 37.1. The van der Waals surface area contributed by atoms with Crippen LogP contribution in [0.25, 0.3) is 0 Å². The molecule has 12 heteroatoms. The van der Waals surface area contributed by atoms with E-state index in [0.717, 1.165) is 0 Å². The fraction of sp³-hybridized carbons (Fsp3) is 0.571. The third-order valence-corrected chi connectivity index (χ3v) is 8.61. The number of Topliss-reactive ketones (excluding diaryl/α,β-unsaturated/α-hetero) is 1. The quantitative estimate of drug-likeness (QED) is 0.230. The highest BCUT2D eigenvalue weighted by atomic mass is 16.6. The molecule has 1 heterocycles. The summed E-state index contributed by atoms with van der Waals surface area (Å²) in [6, 6.07) is 3.10. The maximum atomic E-state index is 14.5. The Balaban J connectivity index is 2.31. The van der Waals surface area contributed by atoms with Crippen LogP contribution in [0.3, 0.4) is 0 Å². The van der Waals surface area contributed by atoms with Gasteiger partial charge < -0.3 is 23.7 Å². The predicted octanol–water partition coefficient (Wildman–Crippen LogP) is 4.50. The number of esters is 5. The van der Waals surface area contributed by atoms with Crippen molar-refractivity contribution in [2.45, 2.75) is 105 Å². The second kappa shape index (κ2) is 15.0. The zero-order valence-electron chi connectivity index (χ0n) is 28.3. The van der Waals surface area contributed by atoms with Crippen molar-refractivity contribution in [2.75, 3.05) is 0 Å². The SMILES string of the molecule is C=C1C[C@@H](OC(C)=O)[C@@H](OC(=O)c2cccnc2)C(C)(C)/C=C/[C@H](C)C(=O)[C@@]2(OC(C)=O)C[C@H](C)[C@H](OC(=O)CC)[C@@H]2[C@H]1OC(C)=O. The summed E-state index contributed by atoms with van der Waals surface area (Å²) in [7, 11) is 0. The fourth-order valence-corrected chi connectivity index (χ4v) is 6.59. The average molecular weight is 656 g/mol. The number of aromatic nitrogens is 1. The number of hydrogen-bond acceptors (Lipinski definition) is 12. The lowest BCUT2D eigenvalue weighted by molar-refractivity contribution is -0.186. The number of carbonyl (C=O) groups excluding carboxylic acids is 6. The van der Waals surface area contributed by atoms with E-state index in [-0.39, 0.29) is 30.4 Å². The van der Waals surface area contributed by atoms with Crippen LogP contribution in [0.15, 0.2) is 48.8 Å². The van der Waals surface area contributed by atoms with Gasteiger partial charge in [-0.25, -0.2) is 4.79 Å². The normalized spacial score (nSPS) is 31.2. The van der Waals surface area contributed by atoms with Gasteiger partial charge in [0.15, 0.2) is 11.4 Å². The lowest BCUT2D eigenvalue weighted by Crippen LogP contribution is -2.56. The molecule has 1 fully saturated rings. The Morgan fingerprint density at radius 1 is 0.979 bits per heavy atom. The first-order valence-electron chi connectivity index (χ1n) is 15.7. The summed E-state index contributed by atoms with van der Waals surface area (Å²) in [5.41, 5.74) is -2.63. The zero-order chi connectivity index (χ0) is 35.3. The van der Waals surface area contributed by atoms with Crippen LogP contribution < -0.4 is 0 Å². The summed E-state index contributed by atoms with van der Waals surface area (Å²) in [5.74, 6) is -6.60. The highest BCUT2D eigenvalue weighted by molar-refractivity contribution is 5.93. The van der Waals surface area contributed by atoms with Crippen molar-refractivity contribution in [3.8, 4) is 0 Å². The third-order valence-electron chi connectivity index (χ3n) is 8.61. The largest absolute Gasteiger partial charge is 0.461 e. The Morgan fingerprint density at radius 2 is 1.64 bits per heavy atom. The Morgan fingerprint density at radius 3 is 2.19 bits per heavy atom. The molecule has 1 aromatic heterocycles. The molecule has 0 unspecified atom stereocenters. The third kappa shape index (κ3) is 8.52. The van der Waals surface area contributed by atoms with Gasteiger partial charge in [0.05, 0.1) is 11.5 Å². The number of ether oxygens (including phenoxy) is 5. The van der Waals surface area contributed by atoms with Gasteiger partial charge in [-0.05, 0) is 23.6 Å². The van der Waals surface area contributed by atoms with Gasteiger partial charge in [-0.2, -0.15) is 0 Å². The number of nitrogens with zero attached hydrogens (tertiary/aromatic N) is 1. The van der Waals surface area contributed by atoms with Crippen LogP contribution in [0, 0.1) is 23.2 Å². The molecule has 3 rings (SSSR count). The monoisotopic (exact) mass is 655 g/mol. The number of pyridine rings is 1. The van der Waals surface area contributed by atoms with Crippen LogP contribution in [0.1, 0.15) is 85.0 Å². The molecule has 0 bridgehead atoms. The Bertz CT molecular complexity index is 1420. The van der Waals surface area contributed by atoms with Crippen molar-refractivity contribution in [2.24, 2.45) is 23.2 Å². The molecule has 0 saturated heterocycles. The van der Waals surface area contributed by atoms with E-state index in [1.54, 1.807) is 52.8 Å². The van der Waals surface area contributed by atoms with Crippen LogP contribution in [0.5, 0.6) is 0 Å². The minimum absolute atomic E-state index is 0.0242. The molecule has 0 radical (unpaired) electrons. The van der Waals surface area contributed by atoms with E-state index in [2.05, 4.69) is 11.6 Å². The highest BCUT2D eigenvalue weighted by Gasteiger charge is 2.65. The maximum Gasteiger partial charge on any atom is 0.340 e. The summed E-state index contributed by atoms with van der Waals surface area (Å²) in [6.07, 6.45) is 1.23. The fourth-order valence-electron chi connectivity index (χ4n) is 6.59. The second-order valence-corrected chi connectivity index (χ2v) is 12.9. The van der Waals surface area contributed by atoms with E-state index in [1.165, 1.54) is 39.2 Å². The summed E-state index contributed by atoms with van der Waals surface area (Å²) in [4.78, 5) is 82.4. The minimum Gasteiger partial charge on any atom is -0.461 e. The lowest BCUT2D eigenvalue weighted by atomic mass is 9.72. The van der Waals surface area contributed by atoms with E-state index < -0.39 is 88.8 Å². The topological polar surface area (TPSA) is 161 Å². The van der Waals surface area contributed by atoms with Crippen LogP contribution >= 0.6 is 0 Å². The molecule has 8 atom stereocenters. The van der Waals surface area contributed by atoms with Gasteiger partial charge in [0.2, 0.25) is 0 Å². The van der Waals surface area contributed by atoms with Gasteiger partial charge >= 0.3 is 29.8 Å². The first-order valence-corrected chi connectivity index (χ1v) is 15.7. The number of fused-ring (bicyclic) bond motifs is 1. The maximum absolute atomic E-state index is 14.5. The molecule has 2 aliphatic rings. The molecule has 0 N–H and O–H groups in total. The molecule has 1 aromatic rings. The Kier molecular flexibility index (Phi) is 11.9. The summed E-state index contributed by atoms with van der Waals surface area (Å²) >= 11 is 0. The molecule has 12 nitrogen and oxygen atoms in total. The molecule has 0 aliphatic heterocycles. The summed E-state index contributed by atoms with van der Waals surface area (Å²) in [6.45, 7) is 16.2. The van der Waals surface area contributed by atoms with Gasteiger partial charge in [-0.1, -0.05) is 53.3 Å². The van der Waals surface area contributed by atoms with Crippen LogP contribution in [-0.2, 0) is 47.7 Å². The Hall–Kier alpha value is -4.35. The van der Waals surface area contributed by atoms with E-state index in [0.29, 0.717) is 0 Å². The average Bonchev–Trinajstić information content (AvgIpc) is 3.25. The van der Waals surface area contributed by atoms with Crippen molar-refractivity contribution < 1.29 is 52.5 Å². The molecule has 0 spiro atoms. The van der Waals surface area contributed by atoms with Gasteiger partial charge in [-0.3, -0.25) is 29.0 Å². The molecule has 256 valence electrons. The molecule has 0 aromatic carbocycles. The van der Waals surface area contributed by atoms with E-state index in [9.17, 15) is 28.8 Å². The number of hydrogen-bond donors (Lipinski definition) is 0. The molecule has 0 amide bonds. The minimum atomic E-state index is -1.89. The number of carbonyl (C=O) groups is 6. The van der Waals surface area contributed by atoms with Crippen molar-refractivity contribution in [1.82, 2.24) is 4.98 Å². The van der Waals surface area contributed by atoms with Gasteiger partial charge in [0.1, 0.15) is 24.4 Å². The van der Waals surface area contributed by atoms with Gasteiger partial charge in [0.25, 0.3) is 0 Å². The van der Waals surface area contributed by atoms with E-state index in [1.807, 2.05) is 0 Å². The van der Waals surface area contributed by atoms with E-state index in [4.69, 9.17) is 23.7 Å². The van der Waals surface area contributed by atoms with Crippen LogP contribution in [0.4, 0.5) is 0 Å². The molecule has 47 heavy (non-hydrogen) atoms. The standard InChI is InChI=1S/C35H45NO11/c1-10-27(40)45-30-21(4)17-35(47-24(7)39)28(30)29(44-23(6)38)20(3)16-26(43-22(5)37)32(34(8,9)14-13-19(2)31(35)41)46-33(42)25-12-11-15-36-18-25/h11-15,18-19,21,26,28-30,32H,3,10,16-17H2,1-2,4-9H3/b14-13+/t19-,21-,26+,28-,29-,30-,32+,35+/m0/s1. The molecular weight excluding hydrogens is 610 g/mol. The second-order valence-electron chi connectivity index (χ2n) is 12.9. The predicted molar refractivity (Wildman–Crippen MR) is 167 cm³/mol. The van der Waals surface area contributed by atoms with Gasteiger partial charge in [-0.15, -0.1) is 0 Å². The van der Waals surface area contributed by atoms with Crippen LogP contribution in [0.2, 0.25) is 0 Å². The van der Waals surface area contributed by atoms with Crippen molar-refractivity contribution in [1.29, 1.82) is 0 Å². The number of allylic oxidation sites excluding steroid dienone is 1. The first-order chi connectivity index (χ1) is 21.9. The van der Waals surface area contributed by atoms with Crippen molar-refractivity contribution in [3.05, 3.63) is 54.4 Å². The molecular formula is C35H45NO11. The summed E-state index contributed by atoms with van der Waals surface area (Å²) < 4.78 is 29.4. The van der Waals surface area contributed by atoms with Gasteiger partial charge in [0, 0.05) is 63.8 Å². The smallest absolute Gasteiger partial charge is 0.340 e. The number of rotatable bonds is 7. The van der Waals surface area contributed by atoms with Crippen LogP contribution in [-0.4, -0.2) is 70.6 Å². The van der Waals surface area contributed by atoms with E-state index >= 15 is 0 Å². The zero-order valence-corrected chi connectivity index (χ0v) is 28.3. The van der Waals surface area contributed by atoms with Crippen molar-refractivity contribution in [3.63, 3.8) is 0 Å². The highest BCUT2D eigenvalue weighted by Crippen LogP contribution is 2.51. The number of ketones is 1. The Labute approximate surface area is 275 Å². The molecule has 2 aliphatic carbocycles. The lowest BCUT2D eigenvalue weighted by Gasteiger charge is -2.42. The molecule has 1 saturated carbocycles. The summed E-state index contributed by atoms with van der Waals surface area (Å²) in [5, 5.41) is 0. The van der Waals surface area contributed by atoms with Crippen molar-refractivity contribution >= 4 is 35.6 Å².